The average molecular weight is 182 g/mol. The lowest BCUT2D eigenvalue weighted by molar-refractivity contribution is 0.0414. The molecule has 0 bridgehead atoms. The molecule has 0 saturated carbocycles. The standard InChI is InChI=1S/C9H14N2O2/c1-3-7(2)11-5-8(4-10)6-13-9(11)12/h7-8H,3,5-6H2,1-2H3. The molecular weight excluding hydrogens is 168 g/mol. The van der Waals surface area contributed by atoms with Gasteiger partial charge >= 0.3 is 6.09 Å². The van der Waals surface area contributed by atoms with Crippen molar-refractivity contribution in [3.05, 3.63) is 0 Å². The number of nitriles is 1. The van der Waals surface area contributed by atoms with Crippen LogP contribution in [-0.4, -0.2) is 30.2 Å². The van der Waals surface area contributed by atoms with E-state index in [1.807, 2.05) is 13.8 Å². The summed E-state index contributed by atoms with van der Waals surface area (Å²) in [5.41, 5.74) is 0. The molecule has 0 radical (unpaired) electrons. The van der Waals surface area contributed by atoms with Crippen molar-refractivity contribution in [1.82, 2.24) is 4.90 Å². The van der Waals surface area contributed by atoms with Crippen LogP contribution in [0, 0.1) is 17.2 Å². The second-order valence-corrected chi connectivity index (χ2v) is 3.31. The second kappa shape index (κ2) is 4.13. The molecular formula is C9H14N2O2. The Morgan fingerprint density at radius 2 is 2.54 bits per heavy atom. The van der Waals surface area contributed by atoms with E-state index in [0.717, 1.165) is 6.42 Å². The maximum atomic E-state index is 11.3. The molecule has 13 heavy (non-hydrogen) atoms. The number of amides is 1. The van der Waals surface area contributed by atoms with Gasteiger partial charge in [0.25, 0.3) is 0 Å². The summed E-state index contributed by atoms with van der Waals surface area (Å²) in [5.74, 6) is -0.174. The summed E-state index contributed by atoms with van der Waals surface area (Å²) < 4.78 is 4.88. The van der Waals surface area contributed by atoms with Crippen LogP contribution in [0.2, 0.25) is 0 Å². The van der Waals surface area contributed by atoms with Gasteiger partial charge in [0.05, 0.1) is 12.0 Å². The predicted octanol–water partition coefficient (Wildman–Crippen LogP) is 1.38. The van der Waals surface area contributed by atoms with Crippen molar-refractivity contribution < 1.29 is 9.53 Å². The normalized spacial score (nSPS) is 24.8. The van der Waals surface area contributed by atoms with E-state index >= 15 is 0 Å². The zero-order valence-corrected chi connectivity index (χ0v) is 7.99. The van der Waals surface area contributed by atoms with Crippen LogP contribution in [0.5, 0.6) is 0 Å². The lowest BCUT2D eigenvalue weighted by atomic mass is 10.1. The number of cyclic esters (lactones) is 1. The van der Waals surface area contributed by atoms with Gasteiger partial charge in [-0.2, -0.15) is 5.26 Å². The third-order valence-corrected chi connectivity index (χ3v) is 2.37. The number of nitrogens with zero attached hydrogens (tertiary/aromatic N) is 2. The SMILES string of the molecule is CCC(C)N1CC(C#N)COC1=O. The Kier molecular flexibility index (Phi) is 3.13. The third kappa shape index (κ3) is 2.11. The van der Waals surface area contributed by atoms with Gasteiger partial charge in [-0.05, 0) is 13.3 Å². The zero-order chi connectivity index (χ0) is 9.84. The van der Waals surface area contributed by atoms with Crippen LogP contribution in [0.1, 0.15) is 20.3 Å². The van der Waals surface area contributed by atoms with Crippen molar-refractivity contribution >= 4 is 6.09 Å². The van der Waals surface area contributed by atoms with Crippen molar-refractivity contribution in [3.8, 4) is 6.07 Å². The Labute approximate surface area is 78.1 Å². The van der Waals surface area contributed by atoms with Gasteiger partial charge in [0, 0.05) is 12.6 Å². The van der Waals surface area contributed by atoms with Gasteiger partial charge in [0.1, 0.15) is 6.61 Å². The van der Waals surface area contributed by atoms with E-state index in [9.17, 15) is 4.79 Å². The maximum absolute atomic E-state index is 11.3. The van der Waals surface area contributed by atoms with Crippen LogP contribution in [0.15, 0.2) is 0 Å². The Morgan fingerprint density at radius 1 is 1.85 bits per heavy atom. The molecule has 0 aromatic rings. The molecule has 2 unspecified atom stereocenters. The topological polar surface area (TPSA) is 53.3 Å². The van der Waals surface area contributed by atoms with Crippen LogP contribution in [0.3, 0.4) is 0 Å². The molecule has 4 nitrogen and oxygen atoms in total. The summed E-state index contributed by atoms with van der Waals surface area (Å²) >= 11 is 0. The van der Waals surface area contributed by atoms with Gasteiger partial charge in [-0.15, -0.1) is 0 Å². The number of carbonyl (C=O) groups is 1. The quantitative estimate of drug-likeness (QED) is 0.648. The highest BCUT2D eigenvalue weighted by Gasteiger charge is 2.29. The molecule has 0 spiro atoms. The molecule has 1 amide bonds. The largest absolute Gasteiger partial charge is 0.448 e. The minimum atomic E-state index is -0.291. The summed E-state index contributed by atoms with van der Waals surface area (Å²) in [5, 5.41) is 8.68. The third-order valence-electron chi connectivity index (χ3n) is 2.37. The average Bonchev–Trinajstić information content (AvgIpc) is 2.17. The smallest absolute Gasteiger partial charge is 0.410 e. The molecule has 72 valence electrons. The van der Waals surface area contributed by atoms with E-state index in [2.05, 4.69) is 6.07 Å². The van der Waals surface area contributed by atoms with Gasteiger partial charge in [-0.1, -0.05) is 6.92 Å². The lowest BCUT2D eigenvalue weighted by Gasteiger charge is -2.33. The van der Waals surface area contributed by atoms with Crippen LogP contribution in [-0.2, 0) is 4.74 Å². The van der Waals surface area contributed by atoms with Crippen molar-refractivity contribution in [1.29, 1.82) is 5.26 Å². The molecule has 0 aliphatic carbocycles. The Morgan fingerprint density at radius 3 is 3.08 bits per heavy atom. The van der Waals surface area contributed by atoms with Crippen molar-refractivity contribution in [2.24, 2.45) is 5.92 Å². The molecule has 2 atom stereocenters. The molecule has 1 fully saturated rings. The fourth-order valence-electron chi connectivity index (χ4n) is 1.28. The van der Waals surface area contributed by atoms with Crippen molar-refractivity contribution in [3.63, 3.8) is 0 Å². The first kappa shape index (κ1) is 9.85. The van der Waals surface area contributed by atoms with E-state index in [-0.39, 0.29) is 24.7 Å². The molecule has 0 N–H and O–H groups in total. The minimum absolute atomic E-state index is 0.156. The molecule has 0 aromatic carbocycles. The van der Waals surface area contributed by atoms with E-state index in [1.165, 1.54) is 0 Å². The van der Waals surface area contributed by atoms with Crippen LogP contribution >= 0.6 is 0 Å². The summed E-state index contributed by atoms with van der Waals surface area (Å²) in [6, 6.07) is 2.27. The summed E-state index contributed by atoms with van der Waals surface area (Å²) in [6.07, 6.45) is 0.591. The number of rotatable bonds is 2. The molecule has 1 aliphatic rings. The summed E-state index contributed by atoms with van der Waals surface area (Å²) in [7, 11) is 0. The molecule has 1 saturated heterocycles. The predicted molar refractivity (Wildman–Crippen MR) is 46.9 cm³/mol. The molecule has 0 aromatic heterocycles. The fraction of sp³-hybridized carbons (Fsp3) is 0.778. The van der Waals surface area contributed by atoms with E-state index in [4.69, 9.17) is 10.00 Å². The lowest BCUT2D eigenvalue weighted by Crippen LogP contribution is -2.47. The van der Waals surface area contributed by atoms with Crippen LogP contribution < -0.4 is 0 Å². The first-order valence-electron chi connectivity index (χ1n) is 4.52. The number of hydrogen-bond donors (Lipinski definition) is 0. The van der Waals surface area contributed by atoms with Crippen molar-refractivity contribution in [2.75, 3.05) is 13.2 Å². The van der Waals surface area contributed by atoms with Crippen LogP contribution in [0.25, 0.3) is 0 Å². The van der Waals surface area contributed by atoms with E-state index in [1.54, 1.807) is 4.90 Å². The molecule has 1 rings (SSSR count). The monoisotopic (exact) mass is 182 g/mol. The zero-order valence-electron chi connectivity index (χ0n) is 7.99. The van der Waals surface area contributed by atoms with Crippen LogP contribution in [0.4, 0.5) is 4.79 Å². The Balaban J connectivity index is 2.61. The van der Waals surface area contributed by atoms with Gasteiger partial charge in [-0.25, -0.2) is 4.79 Å². The minimum Gasteiger partial charge on any atom is -0.448 e. The Hall–Kier alpha value is -1.24. The highest BCUT2D eigenvalue weighted by atomic mass is 16.6. The fourth-order valence-corrected chi connectivity index (χ4v) is 1.28. The van der Waals surface area contributed by atoms with E-state index in [0.29, 0.717) is 6.54 Å². The maximum Gasteiger partial charge on any atom is 0.410 e. The number of carbonyl (C=O) groups excluding carboxylic acids is 1. The molecule has 1 aliphatic heterocycles. The van der Waals surface area contributed by atoms with Gasteiger partial charge in [0.15, 0.2) is 0 Å². The van der Waals surface area contributed by atoms with Gasteiger partial charge < -0.3 is 9.64 Å². The van der Waals surface area contributed by atoms with E-state index < -0.39 is 0 Å². The van der Waals surface area contributed by atoms with Gasteiger partial charge in [0.2, 0.25) is 0 Å². The van der Waals surface area contributed by atoms with Crippen molar-refractivity contribution in [2.45, 2.75) is 26.3 Å². The second-order valence-electron chi connectivity index (χ2n) is 3.31. The highest BCUT2D eigenvalue weighted by Crippen LogP contribution is 2.15. The Bertz CT molecular complexity index is 234. The number of ether oxygens (including phenoxy) is 1. The first-order valence-corrected chi connectivity index (χ1v) is 4.52. The number of hydrogen-bond acceptors (Lipinski definition) is 3. The van der Waals surface area contributed by atoms with Gasteiger partial charge in [-0.3, -0.25) is 0 Å². The molecule has 4 heteroatoms. The summed E-state index contributed by atoms with van der Waals surface area (Å²) in [6.45, 7) is 4.71. The first-order chi connectivity index (χ1) is 6.19. The highest BCUT2D eigenvalue weighted by molar-refractivity contribution is 5.68. The summed E-state index contributed by atoms with van der Waals surface area (Å²) in [4.78, 5) is 12.9. The molecule has 1 heterocycles.